The third kappa shape index (κ3) is 4.98. The van der Waals surface area contributed by atoms with E-state index >= 15 is 0 Å². The average molecular weight is 319 g/mol. The molecule has 23 heavy (non-hydrogen) atoms. The molecule has 0 aliphatic carbocycles. The molecule has 0 fully saturated rings. The van der Waals surface area contributed by atoms with Crippen LogP contribution in [0.2, 0.25) is 0 Å². The normalized spacial score (nSPS) is 13.0. The number of ether oxygens (including phenoxy) is 1. The molecule has 0 saturated heterocycles. The molecule has 3 heteroatoms. The average Bonchev–Trinajstić information content (AvgIpc) is 2.55. The maximum atomic E-state index is 12.6. The summed E-state index contributed by atoms with van der Waals surface area (Å²) in [5.41, 5.74) is 1.77. The van der Waals surface area contributed by atoms with E-state index in [0.29, 0.717) is 12.6 Å². The number of nitrogens with one attached hydrogen (secondary N) is 1. The third-order valence-electron chi connectivity index (χ3n) is 5.12. The van der Waals surface area contributed by atoms with Gasteiger partial charge in [-0.3, -0.25) is 4.79 Å². The number of anilines is 1. The van der Waals surface area contributed by atoms with Crippen LogP contribution in [0, 0.1) is 11.3 Å². The molecule has 0 spiro atoms. The van der Waals surface area contributed by atoms with Crippen LogP contribution in [-0.2, 0) is 16.1 Å². The lowest BCUT2D eigenvalue weighted by Crippen LogP contribution is -2.36. The van der Waals surface area contributed by atoms with E-state index in [1.807, 2.05) is 24.3 Å². The molecule has 1 atom stereocenters. The van der Waals surface area contributed by atoms with Gasteiger partial charge in [0.05, 0.1) is 5.41 Å². The van der Waals surface area contributed by atoms with Crippen LogP contribution in [0.4, 0.5) is 5.69 Å². The number of benzene rings is 1. The second-order valence-electron chi connectivity index (χ2n) is 6.74. The monoisotopic (exact) mass is 319 g/mol. The third-order valence-corrected chi connectivity index (χ3v) is 5.12. The van der Waals surface area contributed by atoms with Crippen molar-refractivity contribution < 1.29 is 9.53 Å². The second kappa shape index (κ2) is 8.95. The molecule has 0 heterocycles. The maximum absolute atomic E-state index is 12.6. The molecular weight excluding hydrogens is 286 g/mol. The van der Waals surface area contributed by atoms with Gasteiger partial charge in [-0.25, -0.2) is 0 Å². The number of esters is 1. The topological polar surface area (TPSA) is 38.3 Å². The Labute approximate surface area is 141 Å². The van der Waals surface area contributed by atoms with Crippen LogP contribution in [0.5, 0.6) is 0 Å². The van der Waals surface area contributed by atoms with Crippen molar-refractivity contribution in [2.75, 3.05) is 5.32 Å². The van der Waals surface area contributed by atoms with Crippen LogP contribution >= 0.6 is 0 Å². The van der Waals surface area contributed by atoms with E-state index in [2.05, 4.69) is 46.9 Å². The Morgan fingerprint density at radius 2 is 1.65 bits per heavy atom. The first-order valence-electron chi connectivity index (χ1n) is 8.92. The molecule has 130 valence electrons. The minimum atomic E-state index is -0.363. The summed E-state index contributed by atoms with van der Waals surface area (Å²) < 4.78 is 5.62. The number of hydrogen-bond acceptors (Lipinski definition) is 3. The fourth-order valence-electron chi connectivity index (χ4n) is 2.97. The SMILES string of the molecule is CCC(C)Nc1ccc(COC(=O)C(CC)(CC)C(C)C)cc1. The molecule has 0 bridgehead atoms. The first-order valence-corrected chi connectivity index (χ1v) is 8.92. The van der Waals surface area contributed by atoms with Gasteiger partial charge < -0.3 is 10.1 Å². The maximum Gasteiger partial charge on any atom is 0.312 e. The highest BCUT2D eigenvalue weighted by Gasteiger charge is 2.39. The molecule has 0 aliphatic rings. The minimum Gasteiger partial charge on any atom is -0.460 e. The molecule has 1 rings (SSSR count). The number of carbonyl (C=O) groups excluding carboxylic acids is 1. The van der Waals surface area contributed by atoms with E-state index < -0.39 is 0 Å². The summed E-state index contributed by atoms with van der Waals surface area (Å²) in [6.07, 6.45) is 2.72. The van der Waals surface area contributed by atoms with Crippen molar-refractivity contribution in [3.63, 3.8) is 0 Å². The summed E-state index contributed by atoms with van der Waals surface area (Å²) in [4.78, 5) is 12.6. The Balaban J connectivity index is 2.65. The highest BCUT2D eigenvalue weighted by atomic mass is 16.5. The van der Waals surface area contributed by atoms with Gasteiger partial charge in [0, 0.05) is 11.7 Å². The molecule has 1 N–H and O–H groups in total. The van der Waals surface area contributed by atoms with Crippen LogP contribution in [-0.4, -0.2) is 12.0 Å². The minimum absolute atomic E-state index is 0.0701. The van der Waals surface area contributed by atoms with Crippen LogP contribution in [0.3, 0.4) is 0 Å². The zero-order valence-corrected chi connectivity index (χ0v) is 15.6. The van der Waals surface area contributed by atoms with Crippen molar-refractivity contribution in [2.45, 2.75) is 73.5 Å². The summed E-state index contributed by atoms with van der Waals surface area (Å²) in [5, 5.41) is 3.43. The molecule has 3 nitrogen and oxygen atoms in total. The lowest BCUT2D eigenvalue weighted by Gasteiger charge is -2.33. The summed E-state index contributed by atoms with van der Waals surface area (Å²) in [6, 6.07) is 8.59. The Bertz CT molecular complexity index is 475. The van der Waals surface area contributed by atoms with E-state index in [-0.39, 0.29) is 17.3 Å². The molecule has 1 unspecified atom stereocenters. The van der Waals surface area contributed by atoms with Gasteiger partial charge in [-0.05, 0) is 49.8 Å². The van der Waals surface area contributed by atoms with Gasteiger partial charge in [0.25, 0.3) is 0 Å². The molecule has 0 aliphatic heterocycles. The van der Waals surface area contributed by atoms with E-state index in [9.17, 15) is 4.79 Å². The molecular formula is C20H33NO2. The smallest absolute Gasteiger partial charge is 0.312 e. The lowest BCUT2D eigenvalue weighted by molar-refractivity contribution is -0.161. The Kier molecular flexibility index (Phi) is 7.60. The standard InChI is InChI=1S/C20H33NO2/c1-7-16(6)21-18-12-10-17(11-13-18)14-23-19(22)20(8-2,9-3)15(4)5/h10-13,15-16,21H,7-9,14H2,1-6H3. The van der Waals surface area contributed by atoms with Crippen molar-refractivity contribution in [3.8, 4) is 0 Å². The van der Waals surface area contributed by atoms with E-state index in [0.717, 1.165) is 30.5 Å². The quantitative estimate of drug-likeness (QED) is 0.619. The first-order chi connectivity index (χ1) is 10.9. The zero-order chi connectivity index (χ0) is 17.5. The second-order valence-corrected chi connectivity index (χ2v) is 6.74. The Morgan fingerprint density at radius 1 is 1.09 bits per heavy atom. The van der Waals surface area contributed by atoms with E-state index in [1.165, 1.54) is 0 Å². The van der Waals surface area contributed by atoms with Gasteiger partial charge in [0.2, 0.25) is 0 Å². The van der Waals surface area contributed by atoms with Crippen molar-refractivity contribution in [2.24, 2.45) is 11.3 Å². The molecule has 0 radical (unpaired) electrons. The van der Waals surface area contributed by atoms with Gasteiger partial charge >= 0.3 is 5.97 Å². The van der Waals surface area contributed by atoms with Gasteiger partial charge in [0.15, 0.2) is 0 Å². The van der Waals surface area contributed by atoms with Gasteiger partial charge in [-0.2, -0.15) is 0 Å². The van der Waals surface area contributed by atoms with Crippen molar-refractivity contribution in [1.82, 2.24) is 0 Å². The fraction of sp³-hybridized carbons (Fsp3) is 0.650. The van der Waals surface area contributed by atoms with Crippen LogP contribution in [0.15, 0.2) is 24.3 Å². The number of carbonyl (C=O) groups is 1. The summed E-state index contributed by atoms with van der Waals surface area (Å²) in [6.45, 7) is 13.0. The van der Waals surface area contributed by atoms with Gasteiger partial charge in [0.1, 0.15) is 6.61 Å². The molecule has 0 saturated carbocycles. The van der Waals surface area contributed by atoms with Crippen LogP contribution in [0.1, 0.15) is 66.4 Å². The Morgan fingerprint density at radius 3 is 2.09 bits per heavy atom. The number of rotatable bonds is 9. The zero-order valence-electron chi connectivity index (χ0n) is 15.6. The first kappa shape index (κ1) is 19.5. The Hall–Kier alpha value is -1.51. The molecule has 0 amide bonds. The van der Waals surface area contributed by atoms with E-state index in [1.54, 1.807) is 0 Å². The lowest BCUT2D eigenvalue weighted by atomic mass is 9.73. The summed E-state index contributed by atoms with van der Waals surface area (Å²) in [7, 11) is 0. The van der Waals surface area contributed by atoms with Crippen molar-refractivity contribution in [1.29, 1.82) is 0 Å². The van der Waals surface area contributed by atoms with Gasteiger partial charge in [-0.1, -0.05) is 46.8 Å². The predicted octanol–water partition coefficient (Wildman–Crippen LogP) is 5.40. The van der Waals surface area contributed by atoms with E-state index in [4.69, 9.17) is 4.74 Å². The summed E-state index contributed by atoms with van der Waals surface area (Å²) in [5.74, 6) is 0.214. The molecule has 1 aromatic rings. The van der Waals surface area contributed by atoms with Crippen LogP contribution in [0.25, 0.3) is 0 Å². The highest BCUT2D eigenvalue weighted by Crippen LogP contribution is 2.36. The molecule has 0 aromatic heterocycles. The van der Waals surface area contributed by atoms with Crippen molar-refractivity contribution >= 4 is 11.7 Å². The fourth-order valence-corrected chi connectivity index (χ4v) is 2.97. The highest BCUT2D eigenvalue weighted by molar-refractivity contribution is 5.77. The van der Waals surface area contributed by atoms with Crippen molar-refractivity contribution in [3.05, 3.63) is 29.8 Å². The molecule has 1 aromatic carbocycles. The predicted molar refractivity (Wildman–Crippen MR) is 97.5 cm³/mol. The number of hydrogen-bond donors (Lipinski definition) is 1. The summed E-state index contributed by atoms with van der Waals surface area (Å²) >= 11 is 0. The van der Waals surface area contributed by atoms with Crippen LogP contribution < -0.4 is 5.32 Å². The largest absolute Gasteiger partial charge is 0.460 e. The van der Waals surface area contributed by atoms with Gasteiger partial charge in [-0.15, -0.1) is 0 Å².